The van der Waals surface area contributed by atoms with Gasteiger partial charge in [0.2, 0.25) is 0 Å². The number of likely N-dealkylation sites (N-methyl/N-ethyl adjacent to an activating group) is 1. The molecule has 1 saturated carbocycles. The highest BCUT2D eigenvalue weighted by Crippen LogP contribution is 2.43. The molecule has 1 amide bonds. The Labute approximate surface area is 134 Å². The number of benzene rings is 1. The van der Waals surface area contributed by atoms with Crippen LogP contribution < -0.4 is 0 Å². The lowest BCUT2D eigenvalue weighted by Gasteiger charge is -2.44. The van der Waals surface area contributed by atoms with Gasteiger partial charge >= 0.3 is 0 Å². The van der Waals surface area contributed by atoms with Crippen molar-refractivity contribution < 1.29 is 4.79 Å². The SMILES string of the molecule is Cc1cc(C)c2c(c1)C(=O)N(C)CC2(C)CC1CCCCC1. The topological polar surface area (TPSA) is 20.3 Å². The molecule has 120 valence electrons. The summed E-state index contributed by atoms with van der Waals surface area (Å²) in [6, 6.07) is 4.34. The Bertz CT molecular complexity index is 586. The van der Waals surface area contributed by atoms with Crippen LogP contribution in [0.2, 0.25) is 0 Å². The number of nitrogens with zero attached hydrogens (tertiary/aromatic N) is 1. The molecule has 0 spiro atoms. The van der Waals surface area contributed by atoms with Crippen LogP contribution in [0.4, 0.5) is 0 Å². The van der Waals surface area contributed by atoms with Crippen molar-refractivity contribution >= 4 is 5.91 Å². The number of rotatable bonds is 2. The first-order valence-electron chi connectivity index (χ1n) is 8.78. The van der Waals surface area contributed by atoms with Gasteiger partial charge in [-0.3, -0.25) is 4.79 Å². The maximum atomic E-state index is 12.6. The molecular formula is C20H29NO. The number of hydrogen-bond donors (Lipinski definition) is 0. The molecule has 0 saturated heterocycles. The molecule has 2 nitrogen and oxygen atoms in total. The molecule has 1 unspecified atom stereocenters. The van der Waals surface area contributed by atoms with E-state index < -0.39 is 0 Å². The van der Waals surface area contributed by atoms with E-state index >= 15 is 0 Å². The molecule has 3 rings (SSSR count). The third kappa shape index (κ3) is 2.68. The first-order valence-corrected chi connectivity index (χ1v) is 8.78. The number of carbonyl (C=O) groups excluding carboxylic acids is 1. The highest BCUT2D eigenvalue weighted by Gasteiger charge is 2.41. The molecule has 0 aromatic heterocycles. The largest absolute Gasteiger partial charge is 0.341 e. The van der Waals surface area contributed by atoms with Crippen LogP contribution in [0.25, 0.3) is 0 Å². The maximum Gasteiger partial charge on any atom is 0.253 e. The van der Waals surface area contributed by atoms with Gasteiger partial charge in [0.1, 0.15) is 0 Å². The highest BCUT2D eigenvalue weighted by atomic mass is 16.2. The minimum atomic E-state index is 0.109. The van der Waals surface area contributed by atoms with E-state index in [1.807, 2.05) is 11.9 Å². The fourth-order valence-corrected chi connectivity index (χ4v) is 5.01. The Morgan fingerprint density at radius 2 is 1.86 bits per heavy atom. The van der Waals surface area contributed by atoms with Crippen molar-refractivity contribution in [3.8, 4) is 0 Å². The van der Waals surface area contributed by atoms with Crippen LogP contribution in [0.5, 0.6) is 0 Å². The third-order valence-electron chi connectivity index (χ3n) is 5.71. The van der Waals surface area contributed by atoms with Crippen LogP contribution in [0.3, 0.4) is 0 Å². The van der Waals surface area contributed by atoms with E-state index in [0.717, 1.165) is 18.0 Å². The quantitative estimate of drug-likeness (QED) is 0.780. The van der Waals surface area contributed by atoms with Crippen molar-refractivity contribution in [3.63, 3.8) is 0 Å². The molecule has 1 aromatic carbocycles. The molecule has 1 fully saturated rings. The first-order chi connectivity index (χ1) is 10.4. The van der Waals surface area contributed by atoms with Crippen molar-refractivity contribution in [1.82, 2.24) is 4.90 Å². The Kier molecular flexibility index (Phi) is 4.05. The van der Waals surface area contributed by atoms with Gasteiger partial charge in [-0.05, 0) is 43.4 Å². The fourth-order valence-electron chi connectivity index (χ4n) is 5.01. The molecule has 0 radical (unpaired) electrons. The highest BCUT2D eigenvalue weighted by molar-refractivity contribution is 5.98. The zero-order valence-electron chi connectivity index (χ0n) is 14.5. The second-order valence-electron chi connectivity index (χ2n) is 7.93. The molecule has 22 heavy (non-hydrogen) atoms. The summed E-state index contributed by atoms with van der Waals surface area (Å²) in [5.41, 5.74) is 4.88. The Hall–Kier alpha value is -1.31. The summed E-state index contributed by atoms with van der Waals surface area (Å²) in [4.78, 5) is 14.6. The summed E-state index contributed by atoms with van der Waals surface area (Å²) < 4.78 is 0. The molecule has 2 aliphatic rings. The van der Waals surface area contributed by atoms with Gasteiger partial charge in [-0.1, -0.05) is 50.7 Å². The van der Waals surface area contributed by atoms with E-state index in [2.05, 4.69) is 32.9 Å². The lowest BCUT2D eigenvalue weighted by molar-refractivity contribution is 0.0708. The molecule has 1 heterocycles. The van der Waals surface area contributed by atoms with E-state index in [1.54, 1.807) is 0 Å². The van der Waals surface area contributed by atoms with E-state index in [4.69, 9.17) is 0 Å². The predicted molar refractivity (Wildman–Crippen MR) is 91.4 cm³/mol. The molecule has 1 aromatic rings. The van der Waals surface area contributed by atoms with Crippen molar-refractivity contribution in [2.24, 2.45) is 5.92 Å². The zero-order chi connectivity index (χ0) is 15.9. The molecule has 1 aliphatic heterocycles. The summed E-state index contributed by atoms with van der Waals surface area (Å²) in [5.74, 6) is 1.02. The average molecular weight is 299 g/mol. The summed E-state index contributed by atoms with van der Waals surface area (Å²) in [6.45, 7) is 7.52. The summed E-state index contributed by atoms with van der Waals surface area (Å²) in [5, 5.41) is 0. The number of amides is 1. The van der Waals surface area contributed by atoms with Crippen LogP contribution in [-0.4, -0.2) is 24.4 Å². The van der Waals surface area contributed by atoms with E-state index in [9.17, 15) is 4.79 Å². The molecule has 1 atom stereocenters. The van der Waals surface area contributed by atoms with Crippen molar-refractivity contribution in [2.75, 3.05) is 13.6 Å². The van der Waals surface area contributed by atoms with Gasteiger partial charge in [-0.2, -0.15) is 0 Å². The van der Waals surface area contributed by atoms with Crippen LogP contribution in [0, 0.1) is 19.8 Å². The van der Waals surface area contributed by atoms with E-state index in [0.29, 0.717) is 0 Å². The Morgan fingerprint density at radius 3 is 2.55 bits per heavy atom. The minimum Gasteiger partial charge on any atom is -0.341 e. The van der Waals surface area contributed by atoms with Gasteiger partial charge in [0, 0.05) is 24.6 Å². The molecule has 1 aliphatic carbocycles. The third-order valence-corrected chi connectivity index (χ3v) is 5.71. The smallest absolute Gasteiger partial charge is 0.253 e. The Morgan fingerprint density at radius 1 is 1.18 bits per heavy atom. The number of aryl methyl sites for hydroxylation is 2. The molecule has 2 heteroatoms. The van der Waals surface area contributed by atoms with Crippen molar-refractivity contribution in [1.29, 1.82) is 0 Å². The van der Waals surface area contributed by atoms with Crippen molar-refractivity contribution in [3.05, 3.63) is 34.4 Å². The average Bonchev–Trinajstić information content (AvgIpc) is 2.44. The van der Waals surface area contributed by atoms with Crippen molar-refractivity contribution in [2.45, 2.75) is 64.7 Å². The predicted octanol–water partition coefficient (Wildman–Crippen LogP) is 4.62. The second kappa shape index (κ2) is 5.72. The van der Waals surface area contributed by atoms with Gasteiger partial charge in [-0.25, -0.2) is 0 Å². The van der Waals surface area contributed by atoms with Gasteiger partial charge in [0.15, 0.2) is 0 Å². The fraction of sp³-hybridized carbons (Fsp3) is 0.650. The van der Waals surface area contributed by atoms with Gasteiger partial charge in [0.05, 0.1) is 0 Å². The molecule has 0 N–H and O–H groups in total. The lowest BCUT2D eigenvalue weighted by Crippen LogP contribution is -2.47. The van der Waals surface area contributed by atoms with Gasteiger partial charge < -0.3 is 4.90 Å². The summed E-state index contributed by atoms with van der Waals surface area (Å²) >= 11 is 0. The standard InChI is InChI=1S/C20H29NO/c1-14-10-15(2)18-17(11-14)19(22)21(4)13-20(18,3)12-16-8-6-5-7-9-16/h10-11,16H,5-9,12-13H2,1-4H3. The normalized spacial score (nSPS) is 26.2. The van der Waals surface area contributed by atoms with Crippen LogP contribution >= 0.6 is 0 Å². The van der Waals surface area contributed by atoms with Crippen LogP contribution in [0.1, 0.15) is 72.5 Å². The number of carbonyl (C=O) groups is 1. The van der Waals surface area contributed by atoms with E-state index in [-0.39, 0.29) is 11.3 Å². The molecule has 0 bridgehead atoms. The number of hydrogen-bond acceptors (Lipinski definition) is 1. The second-order valence-corrected chi connectivity index (χ2v) is 7.93. The first kappa shape index (κ1) is 15.6. The van der Waals surface area contributed by atoms with Crippen LogP contribution in [0.15, 0.2) is 12.1 Å². The number of fused-ring (bicyclic) bond motifs is 1. The summed E-state index contributed by atoms with van der Waals surface area (Å²) in [6.07, 6.45) is 8.13. The minimum absolute atomic E-state index is 0.109. The summed E-state index contributed by atoms with van der Waals surface area (Å²) in [7, 11) is 1.96. The van der Waals surface area contributed by atoms with Gasteiger partial charge in [0.25, 0.3) is 5.91 Å². The van der Waals surface area contributed by atoms with Crippen LogP contribution in [-0.2, 0) is 5.41 Å². The molecular weight excluding hydrogens is 270 g/mol. The monoisotopic (exact) mass is 299 g/mol. The lowest BCUT2D eigenvalue weighted by atomic mass is 9.67. The Balaban J connectivity index is 2.01. The van der Waals surface area contributed by atoms with Gasteiger partial charge in [-0.15, -0.1) is 0 Å². The maximum absolute atomic E-state index is 12.6. The van der Waals surface area contributed by atoms with E-state index in [1.165, 1.54) is 55.2 Å². The zero-order valence-corrected chi connectivity index (χ0v) is 14.5.